The summed E-state index contributed by atoms with van der Waals surface area (Å²) in [5.41, 5.74) is 6.22. The molecule has 2 rings (SSSR count). The molecule has 1 aliphatic rings. The van der Waals surface area contributed by atoms with Crippen LogP contribution in [-0.4, -0.2) is 49.6 Å². The number of thiophene rings is 1. The number of nitrogens with two attached hydrogens (primary N) is 1. The van der Waals surface area contributed by atoms with Gasteiger partial charge in [-0.3, -0.25) is 0 Å². The van der Waals surface area contributed by atoms with Crippen LogP contribution < -0.4 is 5.73 Å². The molecule has 1 aromatic rings. The molecule has 0 bridgehead atoms. The molecular formula is C13H23N3S. The van der Waals surface area contributed by atoms with E-state index in [4.69, 9.17) is 5.73 Å². The Balaban J connectivity index is 1.78. The van der Waals surface area contributed by atoms with E-state index in [1.807, 2.05) is 0 Å². The molecule has 3 nitrogen and oxygen atoms in total. The minimum absolute atomic E-state index is 0.186. The molecule has 0 radical (unpaired) electrons. The number of hydrogen-bond acceptors (Lipinski definition) is 4. The van der Waals surface area contributed by atoms with Gasteiger partial charge in [0.25, 0.3) is 0 Å². The smallest absolute Gasteiger partial charge is 0.0519 e. The van der Waals surface area contributed by atoms with Crippen molar-refractivity contribution in [2.24, 2.45) is 5.73 Å². The monoisotopic (exact) mass is 253 g/mol. The van der Waals surface area contributed by atoms with Gasteiger partial charge in [-0.05, 0) is 51.5 Å². The van der Waals surface area contributed by atoms with Crippen LogP contribution in [-0.2, 0) is 0 Å². The van der Waals surface area contributed by atoms with Crippen LogP contribution in [0, 0.1) is 0 Å². The molecule has 2 N–H and O–H groups in total. The highest BCUT2D eigenvalue weighted by molar-refractivity contribution is 7.10. The third-order valence-corrected chi connectivity index (χ3v) is 4.66. The summed E-state index contributed by atoms with van der Waals surface area (Å²) < 4.78 is 0. The van der Waals surface area contributed by atoms with E-state index in [1.165, 1.54) is 30.8 Å². The van der Waals surface area contributed by atoms with Gasteiger partial charge in [0.2, 0.25) is 0 Å². The van der Waals surface area contributed by atoms with Gasteiger partial charge >= 0.3 is 0 Å². The van der Waals surface area contributed by atoms with Crippen LogP contribution in [0.1, 0.15) is 23.8 Å². The van der Waals surface area contributed by atoms with E-state index >= 15 is 0 Å². The summed E-state index contributed by atoms with van der Waals surface area (Å²) in [7, 11) is 4.36. The number of nitrogens with zero attached hydrogens (tertiary/aromatic N) is 2. The van der Waals surface area contributed by atoms with Crippen molar-refractivity contribution in [1.82, 2.24) is 9.80 Å². The fourth-order valence-corrected chi connectivity index (χ4v) is 3.21. The van der Waals surface area contributed by atoms with E-state index in [1.54, 1.807) is 11.3 Å². The molecule has 17 heavy (non-hydrogen) atoms. The first-order valence-electron chi connectivity index (χ1n) is 6.34. The molecule has 96 valence electrons. The molecule has 0 saturated carbocycles. The summed E-state index contributed by atoms with van der Waals surface area (Å²) in [4.78, 5) is 6.15. The lowest BCUT2D eigenvalue weighted by atomic mass is 10.0. The standard InChI is InChI=1S/C13H23N3S/c1-15(2)11-5-7-16(8-6-11)10-12(14)13-4-3-9-17-13/h3-4,9,11-12H,5-8,10,14H2,1-2H3. The van der Waals surface area contributed by atoms with Crippen molar-refractivity contribution in [3.8, 4) is 0 Å². The Morgan fingerprint density at radius 2 is 2.18 bits per heavy atom. The highest BCUT2D eigenvalue weighted by Gasteiger charge is 2.22. The van der Waals surface area contributed by atoms with Crippen LogP contribution in [0.5, 0.6) is 0 Å². The third kappa shape index (κ3) is 3.52. The maximum absolute atomic E-state index is 6.22. The minimum atomic E-state index is 0.186. The molecule has 1 atom stereocenters. The van der Waals surface area contributed by atoms with Gasteiger partial charge in [-0.25, -0.2) is 0 Å². The van der Waals surface area contributed by atoms with Crippen LogP contribution in [0.4, 0.5) is 0 Å². The van der Waals surface area contributed by atoms with Crippen molar-refractivity contribution < 1.29 is 0 Å². The van der Waals surface area contributed by atoms with Crippen LogP contribution in [0.3, 0.4) is 0 Å². The van der Waals surface area contributed by atoms with Gasteiger partial charge in [-0.15, -0.1) is 11.3 Å². The first-order valence-corrected chi connectivity index (χ1v) is 7.22. The van der Waals surface area contributed by atoms with Gasteiger partial charge in [0.05, 0.1) is 6.04 Å². The predicted octanol–water partition coefficient (Wildman–Crippen LogP) is 1.77. The molecule has 1 aliphatic heterocycles. The van der Waals surface area contributed by atoms with E-state index in [0.717, 1.165) is 12.6 Å². The number of piperidine rings is 1. The molecule has 1 saturated heterocycles. The minimum Gasteiger partial charge on any atom is -0.322 e. The zero-order chi connectivity index (χ0) is 12.3. The van der Waals surface area contributed by atoms with E-state index in [9.17, 15) is 0 Å². The van der Waals surface area contributed by atoms with Crippen molar-refractivity contribution in [2.75, 3.05) is 33.7 Å². The molecule has 1 fully saturated rings. The fourth-order valence-electron chi connectivity index (χ4n) is 2.49. The van der Waals surface area contributed by atoms with E-state index in [0.29, 0.717) is 0 Å². The van der Waals surface area contributed by atoms with Gasteiger partial charge in [0, 0.05) is 17.5 Å². The lowest BCUT2D eigenvalue weighted by Gasteiger charge is -2.36. The topological polar surface area (TPSA) is 32.5 Å². The second-order valence-electron chi connectivity index (χ2n) is 5.12. The number of rotatable bonds is 4. The average Bonchev–Trinajstić information content (AvgIpc) is 2.83. The van der Waals surface area contributed by atoms with Gasteiger partial charge < -0.3 is 15.5 Å². The quantitative estimate of drug-likeness (QED) is 0.888. The predicted molar refractivity (Wildman–Crippen MR) is 74.4 cm³/mol. The Morgan fingerprint density at radius 3 is 2.71 bits per heavy atom. The Morgan fingerprint density at radius 1 is 1.47 bits per heavy atom. The van der Waals surface area contributed by atoms with Crippen molar-refractivity contribution in [1.29, 1.82) is 0 Å². The van der Waals surface area contributed by atoms with Gasteiger partial charge in [-0.1, -0.05) is 6.07 Å². The Labute approximate surface area is 108 Å². The van der Waals surface area contributed by atoms with E-state index in [-0.39, 0.29) is 6.04 Å². The number of likely N-dealkylation sites (tertiary alicyclic amines) is 1. The molecule has 0 aromatic carbocycles. The lowest BCUT2D eigenvalue weighted by molar-refractivity contribution is 0.140. The van der Waals surface area contributed by atoms with E-state index < -0.39 is 0 Å². The summed E-state index contributed by atoms with van der Waals surface area (Å²) in [6, 6.07) is 5.16. The second-order valence-corrected chi connectivity index (χ2v) is 6.10. The summed E-state index contributed by atoms with van der Waals surface area (Å²) in [6.07, 6.45) is 2.54. The van der Waals surface area contributed by atoms with Crippen LogP contribution in [0.2, 0.25) is 0 Å². The molecular weight excluding hydrogens is 230 g/mol. The highest BCUT2D eigenvalue weighted by Crippen LogP contribution is 2.20. The van der Waals surface area contributed by atoms with Crippen LogP contribution in [0.25, 0.3) is 0 Å². The summed E-state index contributed by atoms with van der Waals surface area (Å²) in [6.45, 7) is 3.37. The molecule has 4 heteroatoms. The molecule has 2 heterocycles. The molecule has 1 unspecified atom stereocenters. The normalized spacial score (nSPS) is 20.9. The number of hydrogen-bond donors (Lipinski definition) is 1. The first kappa shape index (κ1) is 13.0. The zero-order valence-corrected chi connectivity index (χ0v) is 11.6. The van der Waals surface area contributed by atoms with Crippen molar-refractivity contribution in [2.45, 2.75) is 24.9 Å². The SMILES string of the molecule is CN(C)C1CCN(CC(N)c2cccs2)CC1. The highest BCUT2D eigenvalue weighted by atomic mass is 32.1. The largest absolute Gasteiger partial charge is 0.322 e. The second kappa shape index (κ2) is 5.96. The lowest BCUT2D eigenvalue weighted by Crippen LogP contribution is -2.44. The maximum Gasteiger partial charge on any atom is 0.0519 e. The van der Waals surface area contributed by atoms with E-state index in [2.05, 4.69) is 41.4 Å². The van der Waals surface area contributed by atoms with Crippen molar-refractivity contribution >= 4 is 11.3 Å². The average molecular weight is 253 g/mol. The molecule has 0 spiro atoms. The van der Waals surface area contributed by atoms with Gasteiger partial charge in [0.1, 0.15) is 0 Å². The summed E-state index contributed by atoms with van der Waals surface area (Å²) in [5.74, 6) is 0. The Hall–Kier alpha value is -0.420. The van der Waals surface area contributed by atoms with Gasteiger partial charge in [-0.2, -0.15) is 0 Å². The molecule has 0 amide bonds. The van der Waals surface area contributed by atoms with Crippen LogP contribution in [0.15, 0.2) is 17.5 Å². The first-order chi connectivity index (χ1) is 8.16. The Bertz CT molecular complexity index is 315. The Kier molecular flexibility index (Phi) is 4.56. The molecule has 1 aromatic heterocycles. The van der Waals surface area contributed by atoms with Gasteiger partial charge in [0.15, 0.2) is 0 Å². The summed E-state index contributed by atoms with van der Waals surface area (Å²) >= 11 is 1.77. The van der Waals surface area contributed by atoms with Crippen LogP contribution >= 0.6 is 11.3 Å². The third-order valence-electron chi connectivity index (χ3n) is 3.65. The summed E-state index contributed by atoms with van der Waals surface area (Å²) in [5, 5.41) is 2.10. The fraction of sp³-hybridized carbons (Fsp3) is 0.692. The maximum atomic E-state index is 6.22. The van der Waals surface area contributed by atoms with Crippen molar-refractivity contribution in [3.05, 3.63) is 22.4 Å². The molecule has 0 aliphatic carbocycles. The zero-order valence-electron chi connectivity index (χ0n) is 10.8. The van der Waals surface area contributed by atoms with Crippen molar-refractivity contribution in [3.63, 3.8) is 0 Å².